The number of fused-ring (bicyclic) bond motifs is 2. The summed E-state index contributed by atoms with van der Waals surface area (Å²) in [5, 5.41) is 4.51. The van der Waals surface area contributed by atoms with E-state index in [1.165, 1.54) is 5.56 Å². The first-order valence-corrected chi connectivity index (χ1v) is 8.77. The zero-order chi connectivity index (χ0) is 16.8. The van der Waals surface area contributed by atoms with Crippen molar-refractivity contribution >= 4 is 11.3 Å². The molecule has 1 atom stereocenters. The number of anilines is 1. The van der Waals surface area contributed by atoms with Gasteiger partial charge in [0.15, 0.2) is 17.3 Å². The molecule has 1 unspecified atom stereocenters. The van der Waals surface area contributed by atoms with Crippen molar-refractivity contribution in [1.29, 1.82) is 0 Å². The van der Waals surface area contributed by atoms with Gasteiger partial charge in [-0.25, -0.2) is 9.50 Å². The normalized spacial score (nSPS) is 19.6. The number of hydrogen-bond acceptors (Lipinski definition) is 5. The quantitative estimate of drug-likeness (QED) is 0.719. The molecule has 0 aliphatic carbocycles. The molecule has 1 aromatic carbocycles. The summed E-state index contributed by atoms with van der Waals surface area (Å²) in [6, 6.07) is 8.70. The highest BCUT2D eigenvalue weighted by Crippen LogP contribution is 2.40. The molecule has 0 radical (unpaired) electrons. The van der Waals surface area contributed by atoms with Crippen molar-refractivity contribution in [3.8, 4) is 11.5 Å². The standard InChI is InChI=1S/C19H20N4O2/c1-13-11-16-19(20-6-8-23(16)21-13)22-7-2-3-15(22)14-4-5-17-18(12-14)25-10-9-24-17/h4-6,8,11-12,15H,2-3,7,9-10H2,1H3. The van der Waals surface area contributed by atoms with Gasteiger partial charge in [-0.3, -0.25) is 0 Å². The number of ether oxygens (including phenoxy) is 2. The monoisotopic (exact) mass is 336 g/mol. The van der Waals surface area contributed by atoms with E-state index in [4.69, 9.17) is 9.47 Å². The molecule has 0 bridgehead atoms. The van der Waals surface area contributed by atoms with Crippen molar-refractivity contribution in [1.82, 2.24) is 14.6 Å². The average Bonchev–Trinajstić information content (AvgIpc) is 3.26. The summed E-state index contributed by atoms with van der Waals surface area (Å²) in [5.74, 6) is 2.69. The van der Waals surface area contributed by atoms with Gasteiger partial charge in [0, 0.05) is 18.9 Å². The molecule has 0 spiro atoms. The van der Waals surface area contributed by atoms with Crippen LogP contribution in [0.15, 0.2) is 36.7 Å². The van der Waals surface area contributed by atoms with Crippen molar-refractivity contribution in [3.05, 3.63) is 47.9 Å². The number of aromatic nitrogens is 3. The minimum atomic E-state index is 0.296. The van der Waals surface area contributed by atoms with Gasteiger partial charge in [0.05, 0.1) is 11.7 Å². The zero-order valence-electron chi connectivity index (χ0n) is 14.2. The molecule has 2 aromatic heterocycles. The van der Waals surface area contributed by atoms with Crippen molar-refractivity contribution in [3.63, 3.8) is 0 Å². The molecule has 6 heteroatoms. The van der Waals surface area contributed by atoms with Gasteiger partial charge in [0.2, 0.25) is 0 Å². The molecule has 2 aliphatic heterocycles. The maximum Gasteiger partial charge on any atom is 0.161 e. The Morgan fingerprint density at radius 1 is 1.12 bits per heavy atom. The van der Waals surface area contributed by atoms with Gasteiger partial charge in [-0.15, -0.1) is 0 Å². The SMILES string of the molecule is Cc1cc2c(N3CCCC3c3ccc4c(c3)OCCO4)nccn2n1. The van der Waals surface area contributed by atoms with E-state index in [9.17, 15) is 0 Å². The Hall–Kier alpha value is -2.76. The summed E-state index contributed by atoms with van der Waals surface area (Å²) in [6.45, 7) is 4.24. The fraction of sp³-hybridized carbons (Fsp3) is 0.368. The lowest BCUT2D eigenvalue weighted by molar-refractivity contribution is 0.171. The van der Waals surface area contributed by atoms with Crippen LogP contribution in [0.5, 0.6) is 11.5 Å². The van der Waals surface area contributed by atoms with Crippen LogP contribution in [0.1, 0.15) is 30.1 Å². The molecule has 1 saturated heterocycles. The predicted molar refractivity (Wildman–Crippen MR) is 94.5 cm³/mol. The predicted octanol–water partition coefficient (Wildman–Crippen LogP) is 3.15. The highest BCUT2D eigenvalue weighted by molar-refractivity contribution is 5.70. The highest BCUT2D eigenvalue weighted by Gasteiger charge is 2.29. The van der Waals surface area contributed by atoms with Crippen LogP contribution in [0.25, 0.3) is 5.52 Å². The minimum Gasteiger partial charge on any atom is -0.486 e. The van der Waals surface area contributed by atoms with Crippen molar-refractivity contribution in [2.45, 2.75) is 25.8 Å². The molecule has 25 heavy (non-hydrogen) atoms. The molecular weight excluding hydrogens is 316 g/mol. The van der Waals surface area contributed by atoms with E-state index >= 15 is 0 Å². The summed E-state index contributed by atoms with van der Waals surface area (Å²) >= 11 is 0. The lowest BCUT2D eigenvalue weighted by Crippen LogP contribution is -2.24. The second-order valence-corrected chi connectivity index (χ2v) is 6.62. The van der Waals surface area contributed by atoms with Crippen LogP contribution in [-0.2, 0) is 0 Å². The van der Waals surface area contributed by atoms with Crippen molar-refractivity contribution in [2.75, 3.05) is 24.7 Å². The Morgan fingerprint density at radius 3 is 2.92 bits per heavy atom. The summed E-state index contributed by atoms with van der Waals surface area (Å²) in [6.07, 6.45) is 5.99. The Balaban J connectivity index is 1.55. The fourth-order valence-electron chi connectivity index (χ4n) is 3.89. The van der Waals surface area contributed by atoms with Gasteiger partial charge in [-0.2, -0.15) is 5.10 Å². The van der Waals surface area contributed by atoms with Crippen molar-refractivity contribution < 1.29 is 9.47 Å². The minimum absolute atomic E-state index is 0.296. The first-order valence-electron chi connectivity index (χ1n) is 8.77. The van der Waals surface area contributed by atoms with E-state index in [0.717, 1.165) is 47.9 Å². The third-order valence-electron chi connectivity index (χ3n) is 4.97. The van der Waals surface area contributed by atoms with Crippen LogP contribution < -0.4 is 14.4 Å². The van der Waals surface area contributed by atoms with Crippen LogP contribution in [0.4, 0.5) is 5.82 Å². The Morgan fingerprint density at radius 2 is 2.00 bits per heavy atom. The van der Waals surface area contributed by atoms with Gasteiger partial charge in [-0.1, -0.05) is 6.07 Å². The van der Waals surface area contributed by atoms with E-state index in [-0.39, 0.29) is 0 Å². The number of benzene rings is 1. The molecule has 0 N–H and O–H groups in total. The summed E-state index contributed by atoms with van der Waals surface area (Å²) < 4.78 is 13.3. The van der Waals surface area contributed by atoms with E-state index in [2.05, 4.69) is 33.2 Å². The first-order chi connectivity index (χ1) is 12.3. The lowest BCUT2D eigenvalue weighted by atomic mass is 10.0. The maximum atomic E-state index is 5.76. The molecule has 0 saturated carbocycles. The lowest BCUT2D eigenvalue weighted by Gasteiger charge is -2.27. The van der Waals surface area contributed by atoms with Crippen molar-refractivity contribution in [2.24, 2.45) is 0 Å². The third kappa shape index (κ3) is 2.40. The van der Waals surface area contributed by atoms with Gasteiger partial charge in [0.25, 0.3) is 0 Å². The van der Waals surface area contributed by atoms with Crippen LogP contribution in [0, 0.1) is 6.92 Å². The molecular formula is C19H20N4O2. The fourth-order valence-corrected chi connectivity index (χ4v) is 3.89. The zero-order valence-corrected chi connectivity index (χ0v) is 14.2. The Bertz CT molecular complexity index is 936. The molecule has 6 nitrogen and oxygen atoms in total. The summed E-state index contributed by atoms with van der Waals surface area (Å²) in [7, 11) is 0. The Labute approximate surface area is 146 Å². The number of hydrogen-bond donors (Lipinski definition) is 0. The average molecular weight is 336 g/mol. The van der Waals surface area contributed by atoms with Crippen LogP contribution in [-0.4, -0.2) is 34.4 Å². The molecule has 1 fully saturated rings. The summed E-state index contributed by atoms with van der Waals surface area (Å²) in [5.41, 5.74) is 3.32. The number of rotatable bonds is 2. The molecule has 2 aliphatic rings. The third-order valence-corrected chi connectivity index (χ3v) is 4.97. The van der Waals surface area contributed by atoms with E-state index in [1.807, 2.05) is 29.9 Å². The summed E-state index contributed by atoms with van der Waals surface area (Å²) in [4.78, 5) is 7.07. The van der Waals surface area contributed by atoms with E-state index in [1.54, 1.807) is 0 Å². The van der Waals surface area contributed by atoms with Gasteiger partial charge >= 0.3 is 0 Å². The first kappa shape index (κ1) is 14.6. The second kappa shape index (κ2) is 5.65. The van der Waals surface area contributed by atoms with Crippen LogP contribution in [0.2, 0.25) is 0 Å². The second-order valence-electron chi connectivity index (χ2n) is 6.62. The van der Waals surface area contributed by atoms with Gasteiger partial charge in [-0.05, 0) is 43.5 Å². The van der Waals surface area contributed by atoms with E-state index in [0.29, 0.717) is 19.3 Å². The van der Waals surface area contributed by atoms with E-state index < -0.39 is 0 Å². The molecule has 4 heterocycles. The van der Waals surface area contributed by atoms with Gasteiger partial charge < -0.3 is 14.4 Å². The molecule has 0 amide bonds. The molecule has 3 aromatic rings. The Kier molecular flexibility index (Phi) is 3.29. The van der Waals surface area contributed by atoms with Crippen LogP contribution in [0.3, 0.4) is 0 Å². The largest absolute Gasteiger partial charge is 0.486 e. The van der Waals surface area contributed by atoms with Crippen LogP contribution >= 0.6 is 0 Å². The topological polar surface area (TPSA) is 51.9 Å². The van der Waals surface area contributed by atoms with Gasteiger partial charge in [0.1, 0.15) is 18.7 Å². The number of nitrogens with zero attached hydrogens (tertiary/aromatic N) is 4. The molecule has 5 rings (SSSR count). The molecule has 128 valence electrons. The maximum absolute atomic E-state index is 5.76. The highest BCUT2D eigenvalue weighted by atomic mass is 16.6. The number of aryl methyl sites for hydroxylation is 1. The smallest absolute Gasteiger partial charge is 0.161 e.